The summed E-state index contributed by atoms with van der Waals surface area (Å²) in [6, 6.07) is -0.245. The summed E-state index contributed by atoms with van der Waals surface area (Å²) in [5.74, 6) is -0.847. The van der Waals surface area contributed by atoms with Crippen molar-refractivity contribution in [2.24, 2.45) is 11.7 Å². The molecule has 0 aromatic carbocycles. The van der Waals surface area contributed by atoms with Gasteiger partial charge >= 0.3 is 6.18 Å². The topological polar surface area (TPSA) is 46.3 Å². The Morgan fingerprint density at radius 3 is 2.40 bits per heavy atom. The van der Waals surface area contributed by atoms with Crippen molar-refractivity contribution >= 4 is 5.91 Å². The molecule has 0 radical (unpaired) electrons. The number of hydrogen-bond donors (Lipinski definition) is 1. The molecule has 1 fully saturated rings. The first-order chi connectivity index (χ1) is 6.85. The maximum atomic E-state index is 12.1. The van der Waals surface area contributed by atoms with Gasteiger partial charge in [-0.25, -0.2) is 0 Å². The van der Waals surface area contributed by atoms with Crippen LogP contribution in [-0.2, 0) is 4.79 Å². The van der Waals surface area contributed by atoms with Crippen LogP contribution in [0.4, 0.5) is 13.2 Å². The van der Waals surface area contributed by atoms with E-state index in [1.165, 1.54) is 0 Å². The minimum atomic E-state index is -4.33. The predicted molar refractivity (Wildman–Crippen MR) is 49.0 cm³/mol. The van der Waals surface area contributed by atoms with E-state index in [4.69, 9.17) is 5.73 Å². The van der Waals surface area contributed by atoms with Crippen LogP contribution in [0.1, 0.15) is 19.8 Å². The van der Waals surface area contributed by atoms with Gasteiger partial charge in [-0.15, -0.1) is 0 Å². The fourth-order valence-corrected chi connectivity index (χ4v) is 1.49. The molecule has 88 valence electrons. The van der Waals surface area contributed by atoms with Gasteiger partial charge in [0.1, 0.15) is 6.54 Å². The Morgan fingerprint density at radius 2 is 2.07 bits per heavy atom. The maximum Gasteiger partial charge on any atom is 0.406 e. The lowest BCUT2D eigenvalue weighted by molar-refractivity contribution is -0.162. The second-order valence-corrected chi connectivity index (χ2v) is 3.88. The summed E-state index contributed by atoms with van der Waals surface area (Å²) in [5, 5.41) is 0. The summed E-state index contributed by atoms with van der Waals surface area (Å²) in [4.78, 5) is 12.4. The van der Waals surface area contributed by atoms with Crippen LogP contribution in [0.15, 0.2) is 0 Å². The minimum Gasteiger partial charge on any atom is -0.333 e. The van der Waals surface area contributed by atoms with E-state index in [0.29, 0.717) is 12.8 Å². The first kappa shape index (κ1) is 12.3. The summed E-state index contributed by atoms with van der Waals surface area (Å²) in [5.41, 5.74) is 5.44. The molecule has 1 amide bonds. The SMILES string of the molecule is CCCN(CC(F)(F)F)C(=O)C1CC1N. The van der Waals surface area contributed by atoms with Crippen molar-refractivity contribution in [3.63, 3.8) is 0 Å². The van der Waals surface area contributed by atoms with Crippen molar-refractivity contribution in [3.8, 4) is 0 Å². The number of nitrogens with two attached hydrogens (primary N) is 1. The van der Waals surface area contributed by atoms with Crippen LogP contribution < -0.4 is 5.73 Å². The third-order valence-electron chi connectivity index (χ3n) is 2.33. The monoisotopic (exact) mass is 224 g/mol. The summed E-state index contributed by atoms with van der Waals surface area (Å²) in [7, 11) is 0. The average Bonchev–Trinajstić information content (AvgIpc) is 2.78. The quantitative estimate of drug-likeness (QED) is 0.778. The Bertz CT molecular complexity index is 242. The van der Waals surface area contributed by atoms with Gasteiger partial charge in [-0.05, 0) is 12.8 Å². The zero-order chi connectivity index (χ0) is 11.6. The summed E-state index contributed by atoms with van der Waals surface area (Å²) in [6.45, 7) is 0.716. The van der Waals surface area contributed by atoms with Crippen LogP contribution >= 0.6 is 0 Å². The zero-order valence-corrected chi connectivity index (χ0v) is 8.55. The van der Waals surface area contributed by atoms with Gasteiger partial charge in [-0.3, -0.25) is 4.79 Å². The van der Waals surface area contributed by atoms with E-state index in [1.807, 2.05) is 0 Å². The molecule has 3 nitrogen and oxygen atoms in total. The van der Waals surface area contributed by atoms with Gasteiger partial charge in [0.05, 0.1) is 5.92 Å². The molecule has 2 N–H and O–H groups in total. The molecule has 0 aromatic rings. The molecular formula is C9H15F3N2O. The second kappa shape index (κ2) is 4.38. The Labute approximate surface area is 86.4 Å². The van der Waals surface area contributed by atoms with Crippen molar-refractivity contribution in [3.05, 3.63) is 0 Å². The van der Waals surface area contributed by atoms with Crippen LogP contribution in [0.3, 0.4) is 0 Å². The lowest BCUT2D eigenvalue weighted by atomic mass is 10.3. The van der Waals surface area contributed by atoms with E-state index in [-0.39, 0.29) is 18.5 Å². The van der Waals surface area contributed by atoms with Gasteiger partial charge < -0.3 is 10.6 Å². The van der Waals surface area contributed by atoms with Crippen LogP contribution in [0.2, 0.25) is 0 Å². The average molecular weight is 224 g/mol. The molecule has 0 aliphatic heterocycles. The van der Waals surface area contributed by atoms with E-state index >= 15 is 0 Å². The van der Waals surface area contributed by atoms with Crippen LogP contribution in [0.25, 0.3) is 0 Å². The molecule has 0 bridgehead atoms. The molecule has 6 heteroatoms. The van der Waals surface area contributed by atoms with Crippen molar-refractivity contribution in [2.75, 3.05) is 13.1 Å². The number of nitrogens with zero attached hydrogens (tertiary/aromatic N) is 1. The van der Waals surface area contributed by atoms with Gasteiger partial charge in [0, 0.05) is 12.6 Å². The summed E-state index contributed by atoms with van der Waals surface area (Å²) in [6.07, 6.45) is -3.30. The van der Waals surface area contributed by atoms with Crippen molar-refractivity contribution in [2.45, 2.75) is 32.0 Å². The molecule has 0 aromatic heterocycles. The van der Waals surface area contributed by atoms with E-state index in [9.17, 15) is 18.0 Å². The number of hydrogen-bond acceptors (Lipinski definition) is 2. The third kappa shape index (κ3) is 3.70. The molecule has 1 aliphatic rings. The highest BCUT2D eigenvalue weighted by atomic mass is 19.4. The van der Waals surface area contributed by atoms with Gasteiger partial charge in [-0.1, -0.05) is 6.92 Å². The number of amides is 1. The van der Waals surface area contributed by atoms with Crippen LogP contribution in [-0.4, -0.2) is 36.1 Å². The molecule has 0 heterocycles. The number of alkyl halides is 3. The lowest BCUT2D eigenvalue weighted by Gasteiger charge is -2.23. The summed E-state index contributed by atoms with van der Waals surface area (Å²) < 4.78 is 36.4. The highest BCUT2D eigenvalue weighted by Crippen LogP contribution is 2.31. The fourth-order valence-electron chi connectivity index (χ4n) is 1.49. The third-order valence-corrected chi connectivity index (χ3v) is 2.33. The molecule has 2 atom stereocenters. The normalized spacial score (nSPS) is 25.1. The van der Waals surface area contributed by atoms with Crippen molar-refractivity contribution in [1.82, 2.24) is 4.90 Å². The Balaban J connectivity index is 2.53. The lowest BCUT2D eigenvalue weighted by Crippen LogP contribution is -2.41. The molecule has 1 saturated carbocycles. The number of halogens is 3. The van der Waals surface area contributed by atoms with Gasteiger partial charge in [0.15, 0.2) is 0 Å². The second-order valence-electron chi connectivity index (χ2n) is 3.88. The van der Waals surface area contributed by atoms with E-state index in [0.717, 1.165) is 4.90 Å². The molecule has 15 heavy (non-hydrogen) atoms. The fraction of sp³-hybridized carbons (Fsp3) is 0.889. The highest BCUT2D eigenvalue weighted by Gasteiger charge is 2.44. The first-order valence-electron chi connectivity index (χ1n) is 4.96. The smallest absolute Gasteiger partial charge is 0.333 e. The summed E-state index contributed by atoms with van der Waals surface area (Å²) >= 11 is 0. The maximum absolute atomic E-state index is 12.1. The van der Waals surface area contributed by atoms with E-state index in [1.54, 1.807) is 6.92 Å². The molecule has 0 spiro atoms. The number of carbonyl (C=O) groups excluding carboxylic acids is 1. The molecule has 2 unspecified atom stereocenters. The minimum absolute atomic E-state index is 0.140. The standard InChI is InChI=1S/C9H15F3N2O/c1-2-3-14(5-9(10,11)12)8(15)6-4-7(6)13/h6-7H,2-5,13H2,1H3. The van der Waals surface area contributed by atoms with Crippen molar-refractivity contribution < 1.29 is 18.0 Å². The van der Waals surface area contributed by atoms with Crippen molar-refractivity contribution in [1.29, 1.82) is 0 Å². The Hall–Kier alpha value is -0.780. The largest absolute Gasteiger partial charge is 0.406 e. The van der Waals surface area contributed by atoms with Crippen LogP contribution in [0.5, 0.6) is 0 Å². The molecular weight excluding hydrogens is 209 g/mol. The molecule has 0 saturated heterocycles. The zero-order valence-electron chi connectivity index (χ0n) is 8.55. The van der Waals surface area contributed by atoms with E-state index in [2.05, 4.69) is 0 Å². The molecule has 1 rings (SSSR count). The Morgan fingerprint density at radius 1 is 1.53 bits per heavy atom. The number of rotatable bonds is 4. The molecule has 1 aliphatic carbocycles. The van der Waals surface area contributed by atoms with Gasteiger partial charge in [0.2, 0.25) is 5.91 Å². The van der Waals surface area contributed by atoms with Gasteiger partial charge in [0.25, 0.3) is 0 Å². The number of carbonyl (C=O) groups is 1. The Kier molecular flexibility index (Phi) is 3.59. The highest BCUT2D eigenvalue weighted by molar-refractivity contribution is 5.82. The predicted octanol–water partition coefficient (Wildman–Crippen LogP) is 1.13. The van der Waals surface area contributed by atoms with Gasteiger partial charge in [-0.2, -0.15) is 13.2 Å². The first-order valence-corrected chi connectivity index (χ1v) is 4.96. The van der Waals surface area contributed by atoms with E-state index < -0.39 is 18.6 Å². The van der Waals surface area contributed by atoms with Crippen LogP contribution in [0, 0.1) is 5.92 Å².